The summed E-state index contributed by atoms with van der Waals surface area (Å²) in [5.41, 5.74) is 1.43. The molecule has 3 heterocycles. The summed E-state index contributed by atoms with van der Waals surface area (Å²) in [4.78, 5) is 55.6. The molecule has 4 rings (SSSR count). The van der Waals surface area contributed by atoms with Gasteiger partial charge in [-0.05, 0) is 51.8 Å². The molecule has 2 atom stereocenters. The Kier molecular flexibility index (Phi) is 6.04. The van der Waals surface area contributed by atoms with Gasteiger partial charge < -0.3 is 14.6 Å². The van der Waals surface area contributed by atoms with Crippen molar-refractivity contribution in [2.24, 2.45) is 0 Å². The van der Waals surface area contributed by atoms with Gasteiger partial charge in [0.2, 0.25) is 11.8 Å². The first-order valence-electron chi connectivity index (χ1n) is 11.3. The fourth-order valence-corrected chi connectivity index (χ4v) is 4.54. The number of piperidine rings is 1. The third-order valence-corrected chi connectivity index (χ3v) is 6.05. The Hall–Kier alpha value is -3.14. The molecule has 2 fully saturated rings. The fourth-order valence-electron chi connectivity index (χ4n) is 4.54. The topological polar surface area (TPSA) is 117 Å². The second-order valence-corrected chi connectivity index (χ2v) is 9.88. The number of fused-ring (bicyclic) bond motifs is 1. The number of nitrogens with one attached hydrogen (secondary N) is 2. The number of H-pyrrole nitrogens is 1. The van der Waals surface area contributed by atoms with E-state index in [9.17, 15) is 19.2 Å². The fraction of sp³-hybridized carbons (Fsp3) is 0.565. The zero-order chi connectivity index (χ0) is 23.9. The van der Waals surface area contributed by atoms with Crippen LogP contribution in [0.5, 0.6) is 0 Å². The van der Waals surface area contributed by atoms with Gasteiger partial charge in [-0.15, -0.1) is 0 Å². The molecule has 2 aromatic rings. The number of carbonyl (C=O) groups excluding carboxylic acids is 3. The average molecular weight is 458 g/mol. The summed E-state index contributed by atoms with van der Waals surface area (Å²) in [6.45, 7) is 10.3. The van der Waals surface area contributed by atoms with Crippen LogP contribution in [0.25, 0.3) is 11.0 Å². The predicted molar refractivity (Wildman–Crippen MR) is 122 cm³/mol. The van der Waals surface area contributed by atoms with Gasteiger partial charge in [0, 0.05) is 38.6 Å². The van der Waals surface area contributed by atoms with Gasteiger partial charge in [0.1, 0.15) is 11.6 Å². The quantitative estimate of drug-likeness (QED) is 0.679. The highest BCUT2D eigenvalue weighted by Gasteiger charge is 2.32. The number of nitrogens with zero attached hydrogens (tertiary/aromatic N) is 3. The smallest absolute Gasteiger partial charge is 0.410 e. The number of hydrogen-bond acceptors (Lipinski definition) is 6. The van der Waals surface area contributed by atoms with Crippen molar-refractivity contribution in [3.63, 3.8) is 0 Å². The Morgan fingerprint density at radius 3 is 2.61 bits per heavy atom. The predicted octanol–water partition coefficient (Wildman–Crippen LogP) is 1.75. The van der Waals surface area contributed by atoms with E-state index in [0.717, 1.165) is 12.1 Å². The molecular weight excluding hydrogens is 426 g/mol. The van der Waals surface area contributed by atoms with Gasteiger partial charge in [0.15, 0.2) is 0 Å². The number of rotatable bonds is 3. The molecule has 2 N–H and O–H groups in total. The minimum absolute atomic E-state index is 0.0192. The van der Waals surface area contributed by atoms with Crippen LogP contribution in [0.15, 0.2) is 23.0 Å². The van der Waals surface area contributed by atoms with Crippen LogP contribution in [0.3, 0.4) is 0 Å². The van der Waals surface area contributed by atoms with Crippen molar-refractivity contribution >= 4 is 28.9 Å². The first kappa shape index (κ1) is 23.0. The lowest BCUT2D eigenvalue weighted by Crippen LogP contribution is -2.54. The number of imidazole rings is 1. The van der Waals surface area contributed by atoms with Crippen LogP contribution in [0, 0.1) is 0 Å². The molecule has 0 bridgehead atoms. The highest BCUT2D eigenvalue weighted by Crippen LogP contribution is 2.24. The van der Waals surface area contributed by atoms with E-state index in [4.69, 9.17) is 4.74 Å². The van der Waals surface area contributed by atoms with E-state index in [2.05, 4.69) is 15.2 Å². The summed E-state index contributed by atoms with van der Waals surface area (Å²) in [6.07, 6.45) is 0.226. The van der Waals surface area contributed by atoms with Gasteiger partial charge in [-0.25, -0.2) is 9.59 Å². The van der Waals surface area contributed by atoms with Crippen LogP contribution in [0.4, 0.5) is 4.79 Å². The Balaban J connectivity index is 1.45. The number of aromatic amines is 1. The molecule has 2 aliphatic heterocycles. The standard InChI is InChI=1S/C23H31N5O5/c1-14-12-26(9-10-27(14)22(32)33-23(2,3)4)13-15-5-6-17-16(11-15)24-21(31)28(17)18-7-8-19(29)25-20(18)30/h5-6,11,14,18H,7-10,12-13H2,1-4H3,(H,24,31)(H,25,29,30)/t14-,18?/m1/s1. The SMILES string of the molecule is C[C@@H]1CN(Cc2ccc3c(c2)[nH]c(=O)n3C2CCC(=O)NC2=O)CCN1C(=O)OC(C)(C)C. The molecule has 2 aliphatic rings. The molecule has 178 valence electrons. The molecule has 2 saturated heterocycles. The molecule has 0 spiro atoms. The van der Waals surface area contributed by atoms with Crippen LogP contribution in [-0.2, 0) is 20.9 Å². The van der Waals surface area contributed by atoms with Gasteiger partial charge >= 0.3 is 11.8 Å². The second-order valence-electron chi connectivity index (χ2n) is 9.88. The highest BCUT2D eigenvalue weighted by atomic mass is 16.6. The van der Waals surface area contributed by atoms with Gasteiger partial charge in [-0.1, -0.05) is 6.07 Å². The summed E-state index contributed by atoms with van der Waals surface area (Å²) in [5, 5.41) is 2.31. The largest absolute Gasteiger partial charge is 0.444 e. The molecule has 33 heavy (non-hydrogen) atoms. The number of carbonyl (C=O) groups is 3. The molecule has 10 nitrogen and oxygen atoms in total. The lowest BCUT2D eigenvalue weighted by atomic mass is 10.1. The molecule has 3 amide bonds. The van der Waals surface area contributed by atoms with Crippen molar-refractivity contribution in [2.75, 3.05) is 19.6 Å². The van der Waals surface area contributed by atoms with Crippen LogP contribution in [0.1, 0.15) is 52.1 Å². The number of benzene rings is 1. The monoisotopic (exact) mass is 457 g/mol. The lowest BCUT2D eigenvalue weighted by molar-refractivity contribution is -0.135. The first-order valence-corrected chi connectivity index (χ1v) is 11.3. The maximum Gasteiger partial charge on any atom is 0.410 e. The number of ether oxygens (including phenoxy) is 1. The van der Waals surface area contributed by atoms with Crippen LogP contribution in [-0.4, -0.2) is 68.5 Å². The maximum absolute atomic E-state index is 12.6. The second kappa shape index (κ2) is 8.66. The van der Waals surface area contributed by atoms with E-state index in [-0.39, 0.29) is 30.2 Å². The Bertz CT molecular complexity index is 1140. The Morgan fingerprint density at radius 2 is 1.94 bits per heavy atom. The molecule has 0 saturated carbocycles. The van der Waals surface area contributed by atoms with Crippen molar-refractivity contribution < 1.29 is 19.1 Å². The third-order valence-electron chi connectivity index (χ3n) is 6.05. The third kappa shape index (κ3) is 4.95. The maximum atomic E-state index is 12.6. The normalized spacial score (nSPS) is 22.5. The Morgan fingerprint density at radius 1 is 1.18 bits per heavy atom. The number of hydrogen-bond donors (Lipinski definition) is 2. The van der Waals surface area contributed by atoms with Crippen LogP contribution >= 0.6 is 0 Å². The number of imide groups is 1. The average Bonchev–Trinajstić information content (AvgIpc) is 3.01. The van der Waals surface area contributed by atoms with Crippen molar-refractivity contribution in [1.82, 2.24) is 24.7 Å². The molecule has 10 heteroatoms. The van der Waals surface area contributed by atoms with Gasteiger partial charge in [0.25, 0.3) is 0 Å². The summed E-state index contributed by atoms with van der Waals surface area (Å²) < 4.78 is 6.94. The summed E-state index contributed by atoms with van der Waals surface area (Å²) in [6, 6.07) is 5.03. The van der Waals surface area contributed by atoms with Crippen LogP contribution in [0.2, 0.25) is 0 Å². The first-order chi connectivity index (χ1) is 15.5. The van der Waals surface area contributed by atoms with E-state index >= 15 is 0 Å². The van der Waals surface area contributed by atoms with E-state index in [1.165, 1.54) is 4.57 Å². The van der Waals surface area contributed by atoms with Crippen molar-refractivity contribution in [3.05, 3.63) is 34.2 Å². The highest BCUT2D eigenvalue weighted by molar-refractivity contribution is 6.00. The molecule has 0 radical (unpaired) electrons. The molecule has 1 aromatic carbocycles. The zero-order valence-corrected chi connectivity index (χ0v) is 19.5. The van der Waals surface area contributed by atoms with Gasteiger partial charge in [-0.2, -0.15) is 0 Å². The van der Waals surface area contributed by atoms with E-state index in [0.29, 0.717) is 37.1 Å². The zero-order valence-electron chi connectivity index (χ0n) is 19.5. The minimum atomic E-state index is -0.698. The lowest BCUT2D eigenvalue weighted by Gasteiger charge is -2.40. The minimum Gasteiger partial charge on any atom is -0.444 e. The number of aromatic nitrogens is 2. The van der Waals surface area contributed by atoms with Crippen molar-refractivity contribution in [2.45, 2.75) is 64.8 Å². The molecule has 1 unspecified atom stereocenters. The number of piperazine rings is 1. The molecular formula is C23H31N5O5. The number of amides is 3. The van der Waals surface area contributed by atoms with Crippen LogP contribution < -0.4 is 11.0 Å². The molecule has 1 aromatic heterocycles. The Labute approximate surface area is 191 Å². The summed E-state index contributed by atoms with van der Waals surface area (Å²) >= 11 is 0. The molecule has 0 aliphatic carbocycles. The van der Waals surface area contributed by atoms with Crippen molar-refractivity contribution in [3.8, 4) is 0 Å². The summed E-state index contributed by atoms with van der Waals surface area (Å²) in [5.74, 6) is -0.761. The van der Waals surface area contributed by atoms with Gasteiger partial charge in [0.05, 0.1) is 11.0 Å². The van der Waals surface area contributed by atoms with Gasteiger partial charge in [-0.3, -0.25) is 24.4 Å². The van der Waals surface area contributed by atoms with E-state index in [1.54, 1.807) is 4.90 Å². The summed E-state index contributed by atoms with van der Waals surface area (Å²) in [7, 11) is 0. The van der Waals surface area contributed by atoms with Crippen molar-refractivity contribution in [1.29, 1.82) is 0 Å². The van der Waals surface area contributed by atoms with E-state index in [1.807, 2.05) is 45.9 Å². The van der Waals surface area contributed by atoms with E-state index < -0.39 is 17.6 Å².